The van der Waals surface area contributed by atoms with Crippen molar-refractivity contribution in [2.75, 3.05) is 0 Å². The fraction of sp³-hybridized carbons (Fsp3) is 0.643. The van der Waals surface area contributed by atoms with Crippen molar-refractivity contribution in [2.45, 2.75) is 51.9 Å². The summed E-state index contributed by atoms with van der Waals surface area (Å²) in [4.78, 5) is 33.3. The van der Waals surface area contributed by atoms with E-state index in [0.29, 0.717) is 0 Å². The number of rotatable bonds is 6. The number of amides is 1. The van der Waals surface area contributed by atoms with Crippen LogP contribution in [0.1, 0.15) is 33.6 Å². The zero-order valence-electron chi connectivity index (χ0n) is 12.0. The molecule has 0 unspecified atom stereocenters. The van der Waals surface area contributed by atoms with E-state index in [1.165, 1.54) is 13.0 Å². The molecule has 1 aliphatic rings. The fourth-order valence-electron chi connectivity index (χ4n) is 2.43. The largest absolute Gasteiger partial charge is 0.478 e. The second kappa shape index (κ2) is 7.19. The maximum atomic E-state index is 11.3. The van der Waals surface area contributed by atoms with Crippen LogP contribution in [0, 0.1) is 5.92 Å². The van der Waals surface area contributed by atoms with Gasteiger partial charge in [-0.05, 0) is 32.3 Å². The normalized spacial score (nSPS) is 26.0. The summed E-state index contributed by atoms with van der Waals surface area (Å²) >= 11 is 0. The molecule has 1 rings (SSSR count). The van der Waals surface area contributed by atoms with Crippen LogP contribution in [0.4, 0.5) is 0 Å². The number of ether oxygens (including phenoxy) is 1. The maximum Gasteiger partial charge on any atom is 0.331 e. The first-order chi connectivity index (χ1) is 9.35. The Bertz CT molecular complexity index is 416. The summed E-state index contributed by atoms with van der Waals surface area (Å²) < 4.78 is 5.69. The summed E-state index contributed by atoms with van der Waals surface area (Å²) in [6, 6.07) is -0.386. The summed E-state index contributed by atoms with van der Waals surface area (Å²) in [5.41, 5.74) is 0.226. The highest BCUT2D eigenvalue weighted by atomic mass is 16.5. The van der Waals surface area contributed by atoms with Crippen molar-refractivity contribution < 1.29 is 24.2 Å². The van der Waals surface area contributed by atoms with Gasteiger partial charge in [-0.3, -0.25) is 4.79 Å². The van der Waals surface area contributed by atoms with Crippen LogP contribution in [0.5, 0.6) is 0 Å². The molecule has 6 nitrogen and oxygen atoms in total. The molecule has 112 valence electrons. The lowest BCUT2D eigenvalue weighted by Gasteiger charge is -2.36. The van der Waals surface area contributed by atoms with Gasteiger partial charge in [0.05, 0.1) is 18.2 Å². The molecule has 0 bridgehead atoms. The number of carboxylic acids is 1. The molecule has 0 fully saturated rings. The molecule has 0 aromatic heterocycles. The molecule has 0 saturated carbocycles. The smallest absolute Gasteiger partial charge is 0.331 e. The molecule has 0 aliphatic heterocycles. The standard InChI is InChI=1S/C14H21NO5/c1-8(2)20-12-7-11(14(18)19)6-10(4-5-16)13(12)15-9(3)17/h5,7-8,10,12-13H,4,6H2,1-3H3,(H,15,17)(H,18,19)/t10-,12+,13+/m0/s1. The summed E-state index contributed by atoms with van der Waals surface area (Å²) in [6.07, 6.45) is 2.06. The van der Waals surface area contributed by atoms with Crippen LogP contribution in [0.2, 0.25) is 0 Å². The lowest BCUT2D eigenvalue weighted by Crippen LogP contribution is -2.51. The van der Waals surface area contributed by atoms with Gasteiger partial charge in [0.2, 0.25) is 5.91 Å². The van der Waals surface area contributed by atoms with Crippen molar-refractivity contribution in [1.82, 2.24) is 5.32 Å². The average Bonchev–Trinajstić information content (AvgIpc) is 2.31. The molecule has 20 heavy (non-hydrogen) atoms. The maximum absolute atomic E-state index is 11.3. The van der Waals surface area contributed by atoms with E-state index in [4.69, 9.17) is 9.84 Å². The summed E-state index contributed by atoms with van der Waals surface area (Å²) in [7, 11) is 0. The SMILES string of the molecule is CC(=O)N[C@@H]1[C@@H](CC=O)CC(C(=O)O)=C[C@H]1OC(C)C. The van der Waals surface area contributed by atoms with E-state index in [-0.39, 0.29) is 42.4 Å². The van der Waals surface area contributed by atoms with Gasteiger partial charge in [-0.2, -0.15) is 0 Å². The van der Waals surface area contributed by atoms with E-state index in [1.807, 2.05) is 13.8 Å². The third-order valence-corrected chi connectivity index (χ3v) is 3.18. The first-order valence-electron chi connectivity index (χ1n) is 6.65. The van der Waals surface area contributed by atoms with Crippen molar-refractivity contribution in [1.29, 1.82) is 0 Å². The zero-order valence-corrected chi connectivity index (χ0v) is 12.0. The van der Waals surface area contributed by atoms with E-state index < -0.39 is 12.1 Å². The second-order valence-electron chi connectivity index (χ2n) is 5.24. The number of carbonyl (C=O) groups is 3. The number of aldehydes is 1. The number of aliphatic carboxylic acids is 1. The molecule has 0 aromatic rings. The van der Waals surface area contributed by atoms with Crippen molar-refractivity contribution >= 4 is 18.2 Å². The Kier molecular flexibility index (Phi) is 5.88. The van der Waals surface area contributed by atoms with E-state index in [0.717, 1.165) is 6.29 Å². The number of carboxylic acid groups (broad SMARTS) is 1. The number of hydrogen-bond acceptors (Lipinski definition) is 4. The Hall–Kier alpha value is -1.69. The second-order valence-corrected chi connectivity index (χ2v) is 5.24. The van der Waals surface area contributed by atoms with Gasteiger partial charge in [0.15, 0.2) is 0 Å². The molecule has 1 amide bonds. The van der Waals surface area contributed by atoms with Crippen LogP contribution in [0.15, 0.2) is 11.6 Å². The monoisotopic (exact) mass is 283 g/mol. The van der Waals surface area contributed by atoms with E-state index in [1.54, 1.807) is 0 Å². The van der Waals surface area contributed by atoms with Gasteiger partial charge in [0.1, 0.15) is 6.29 Å². The Balaban J connectivity index is 3.06. The number of carbonyl (C=O) groups excluding carboxylic acids is 2. The molecule has 0 spiro atoms. The third-order valence-electron chi connectivity index (χ3n) is 3.18. The highest BCUT2D eigenvalue weighted by molar-refractivity contribution is 5.87. The first-order valence-corrected chi connectivity index (χ1v) is 6.65. The van der Waals surface area contributed by atoms with Crippen LogP contribution < -0.4 is 5.32 Å². The molecular weight excluding hydrogens is 262 g/mol. The zero-order chi connectivity index (χ0) is 15.3. The molecule has 6 heteroatoms. The Morgan fingerprint density at radius 2 is 2.20 bits per heavy atom. The first kappa shape index (κ1) is 16.4. The molecule has 1 aliphatic carbocycles. The van der Waals surface area contributed by atoms with Crippen LogP contribution >= 0.6 is 0 Å². The molecule has 3 atom stereocenters. The molecular formula is C14H21NO5. The minimum absolute atomic E-state index is 0.113. The third kappa shape index (κ3) is 4.45. The minimum atomic E-state index is -1.01. The van der Waals surface area contributed by atoms with Crippen molar-refractivity contribution in [3.05, 3.63) is 11.6 Å². The molecule has 0 radical (unpaired) electrons. The highest BCUT2D eigenvalue weighted by Gasteiger charge is 2.36. The van der Waals surface area contributed by atoms with Crippen molar-refractivity contribution in [2.24, 2.45) is 5.92 Å². The highest BCUT2D eigenvalue weighted by Crippen LogP contribution is 2.29. The van der Waals surface area contributed by atoms with Crippen LogP contribution in [-0.4, -0.2) is 41.5 Å². The summed E-state index contributed by atoms with van der Waals surface area (Å²) in [6.45, 7) is 5.06. The van der Waals surface area contributed by atoms with Crippen molar-refractivity contribution in [3.63, 3.8) is 0 Å². The molecule has 0 heterocycles. The fourth-order valence-corrected chi connectivity index (χ4v) is 2.43. The van der Waals surface area contributed by atoms with Gasteiger partial charge >= 0.3 is 5.97 Å². The Morgan fingerprint density at radius 1 is 1.55 bits per heavy atom. The van der Waals surface area contributed by atoms with Gasteiger partial charge in [-0.25, -0.2) is 4.79 Å². The van der Waals surface area contributed by atoms with Gasteiger partial charge in [0.25, 0.3) is 0 Å². The van der Waals surface area contributed by atoms with Gasteiger partial charge in [-0.15, -0.1) is 0 Å². The predicted molar refractivity (Wildman–Crippen MR) is 72.1 cm³/mol. The van der Waals surface area contributed by atoms with Crippen LogP contribution in [-0.2, 0) is 19.1 Å². The predicted octanol–water partition coefficient (Wildman–Crippen LogP) is 0.905. The summed E-state index contributed by atoms with van der Waals surface area (Å²) in [5, 5.41) is 11.9. The number of hydrogen-bond donors (Lipinski definition) is 2. The van der Waals surface area contributed by atoms with Gasteiger partial charge in [-0.1, -0.05) is 0 Å². The average molecular weight is 283 g/mol. The van der Waals surface area contributed by atoms with Crippen molar-refractivity contribution in [3.8, 4) is 0 Å². The van der Waals surface area contributed by atoms with E-state index in [2.05, 4.69) is 5.32 Å². The van der Waals surface area contributed by atoms with Crippen LogP contribution in [0.3, 0.4) is 0 Å². The Labute approximate surface area is 118 Å². The molecule has 2 N–H and O–H groups in total. The quantitative estimate of drug-likeness (QED) is 0.707. The number of nitrogens with one attached hydrogen (secondary N) is 1. The van der Waals surface area contributed by atoms with Crippen LogP contribution in [0.25, 0.3) is 0 Å². The topological polar surface area (TPSA) is 92.7 Å². The lowest BCUT2D eigenvalue weighted by molar-refractivity contribution is -0.133. The molecule has 0 aromatic carbocycles. The molecule has 0 saturated heterocycles. The Morgan fingerprint density at radius 3 is 2.65 bits per heavy atom. The van der Waals surface area contributed by atoms with Gasteiger partial charge < -0.3 is 20.0 Å². The minimum Gasteiger partial charge on any atom is -0.478 e. The van der Waals surface area contributed by atoms with E-state index in [9.17, 15) is 14.4 Å². The summed E-state index contributed by atoms with van der Waals surface area (Å²) in [5.74, 6) is -1.51. The van der Waals surface area contributed by atoms with E-state index >= 15 is 0 Å². The lowest BCUT2D eigenvalue weighted by atomic mass is 9.81. The van der Waals surface area contributed by atoms with Gasteiger partial charge in [0, 0.05) is 18.9 Å².